The molecule has 1 unspecified atom stereocenters. The molecule has 1 atom stereocenters. The highest BCUT2D eigenvalue weighted by atomic mass is 35.5. The van der Waals surface area contributed by atoms with Crippen LogP contribution < -0.4 is 10.6 Å². The Hall–Kier alpha value is -3.35. The van der Waals surface area contributed by atoms with Crippen LogP contribution in [0.25, 0.3) is 16.7 Å². The van der Waals surface area contributed by atoms with Crippen LogP contribution in [0.4, 0.5) is 18.9 Å². The lowest BCUT2D eigenvalue weighted by atomic mass is 10.1. The highest BCUT2D eigenvalue weighted by molar-refractivity contribution is 6.35. The molecule has 4 N–H and O–H groups in total. The van der Waals surface area contributed by atoms with Crippen LogP contribution in [0.5, 0.6) is 0 Å². The van der Waals surface area contributed by atoms with Crippen molar-refractivity contribution in [1.29, 1.82) is 0 Å². The average molecular weight is 540 g/mol. The molecule has 5 rings (SSSR count). The minimum atomic E-state index is -4.80. The fourth-order valence-corrected chi connectivity index (χ4v) is 4.18. The summed E-state index contributed by atoms with van der Waals surface area (Å²) in [6.07, 6.45) is -1.76. The first-order valence-corrected chi connectivity index (χ1v) is 11.6. The number of halogens is 5. The summed E-state index contributed by atoms with van der Waals surface area (Å²) in [4.78, 5) is 17.1. The van der Waals surface area contributed by atoms with E-state index in [4.69, 9.17) is 23.2 Å². The number of hydrogen-bond donors (Lipinski definition) is 4. The molecule has 14 heteroatoms. The molecule has 188 valence electrons. The van der Waals surface area contributed by atoms with E-state index in [0.29, 0.717) is 29.4 Å². The molecule has 1 amide bonds. The summed E-state index contributed by atoms with van der Waals surface area (Å²) in [7, 11) is 0. The number of hydrogen-bond acceptors (Lipinski definition) is 6. The highest BCUT2D eigenvalue weighted by Crippen LogP contribution is 2.37. The lowest BCUT2D eigenvalue weighted by molar-refractivity contribution is -0.141. The van der Waals surface area contributed by atoms with Gasteiger partial charge in [0.2, 0.25) is 0 Å². The van der Waals surface area contributed by atoms with Crippen molar-refractivity contribution < 1.29 is 23.1 Å². The van der Waals surface area contributed by atoms with E-state index in [9.17, 15) is 23.1 Å². The molecule has 1 aliphatic carbocycles. The van der Waals surface area contributed by atoms with Crippen LogP contribution in [0.1, 0.15) is 40.8 Å². The van der Waals surface area contributed by atoms with Gasteiger partial charge in [0, 0.05) is 18.1 Å². The van der Waals surface area contributed by atoms with Crippen molar-refractivity contribution in [2.75, 3.05) is 11.9 Å². The standard InChI is InChI=1S/C22H18Cl2F3N7O2/c23-12-2-1-5-28-19(12)34-14(7-15(33-34)22(25,26)27)20(35)31-18-13(24)6-11-9-30-32-17(11)16(18)21(36)29-8-10-3-4-10/h1-2,5-7,9-10,20,31,35H,3-4,8H2,(H,29,36)(H,30,32). The number of aromatic nitrogens is 5. The van der Waals surface area contributed by atoms with E-state index in [1.807, 2.05) is 0 Å². The highest BCUT2D eigenvalue weighted by Gasteiger charge is 2.37. The fourth-order valence-electron chi connectivity index (χ4n) is 3.72. The summed E-state index contributed by atoms with van der Waals surface area (Å²) < 4.78 is 41.3. The number of aromatic amines is 1. The van der Waals surface area contributed by atoms with Crippen LogP contribution in [0.15, 0.2) is 36.7 Å². The maximum Gasteiger partial charge on any atom is 0.435 e. The SMILES string of the molecule is O=C(NCC1CC1)c1c(NC(O)c2cc(C(F)(F)F)nn2-c2ncccc2Cl)c(Cl)cc2cn[nH]c12. The smallest absolute Gasteiger partial charge is 0.368 e. The fraction of sp³-hybridized carbons (Fsp3) is 0.273. The van der Waals surface area contributed by atoms with E-state index in [0.717, 1.165) is 17.5 Å². The number of nitrogens with zero attached hydrogens (tertiary/aromatic N) is 4. The quantitative estimate of drug-likeness (QED) is 0.252. The van der Waals surface area contributed by atoms with Crippen molar-refractivity contribution in [3.05, 3.63) is 63.7 Å². The van der Waals surface area contributed by atoms with Crippen molar-refractivity contribution >= 4 is 45.7 Å². The molecule has 3 aromatic heterocycles. The Morgan fingerprint density at radius 3 is 2.75 bits per heavy atom. The second-order valence-electron chi connectivity index (χ2n) is 8.32. The Balaban J connectivity index is 1.57. The van der Waals surface area contributed by atoms with E-state index >= 15 is 0 Å². The second kappa shape index (κ2) is 9.26. The Morgan fingerprint density at radius 2 is 2.06 bits per heavy atom. The molecule has 1 saturated carbocycles. The van der Waals surface area contributed by atoms with Crippen LogP contribution >= 0.6 is 23.2 Å². The van der Waals surface area contributed by atoms with E-state index in [-0.39, 0.29) is 32.8 Å². The summed E-state index contributed by atoms with van der Waals surface area (Å²) in [6, 6.07) is 5.10. The molecule has 1 fully saturated rings. The van der Waals surface area contributed by atoms with Gasteiger partial charge < -0.3 is 15.7 Å². The predicted molar refractivity (Wildman–Crippen MR) is 126 cm³/mol. The molecule has 0 spiro atoms. The van der Waals surface area contributed by atoms with Gasteiger partial charge in [0.25, 0.3) is 5.91 Å². The third-order valence-electron chi connectivity index (χ3n) is 5.69. The number of amides is 1. The number of nitrogens with one attached hydrogen (secondary N) is 3. The summed E-state index contributed by atoms with van der Waals surface area (Å²) in [5.74, 6) is -0.209. The molecule has 1 aliphatic rings. The number of aliphatic hydroxyl groups is 1. The van der Waals surface area contributed by atoms with Gasteiger partial charge in [-0.25, -0.2) is 9.67 Å². The average Bonchev–Trinajstić information content (AvgIpc) is 3.34. The Bertz CT molecular complexity index is 1450. The summed E-state index contributed by atoms with van der Waals surface area (Å²) >= 11 is 12.6. The van der Waals surface area contributed by atoms with Gasteiger partial charge in [0.15, 0.2) is 17.7 Å². The number of carbonyl (C=O) groups is 1. The number of fused-ring (bicyclic) bond motifs is 1. The van der Waals surface area contributed by atoms with Gasteiger partial charge >= 0.3 is 6.18 Å². The Kier molecular flexibility index (Phi) is 6.27. The number of rotatable bonds is 7. The molecular formula is C22H18Cl2F3N7O2. The van der Waals surface area contributed by atoms with Gasteiger partial charge in [-0.3, -0.25) is 9.89 Å². The number of carbonyl (C=O) groups excluding carboxylic acids is 1. The van der Waals surface area contributed by atoms with Gasteiger partial charge in [-0.2, -0.15) is 23.4 Å². The number of benzene rings is 1. The minimum Gasteiger partial charge on any atom is -0.368 e. The van der Waals surface area contributed by atoms with Gasteiger partial charge in [-0.15, -0.1) is 0 Å². The zero-order chi connectivity index (χ0) is 25.6. The normalized spacial score (nSPS) is 14.7. The summed E-state index contributed by atoms with van der Waals surface area (Å²) in [6.45, 7) is 0.461. The first kappa shape index (κ1) is 24.3. The van der Waals surface area contributed by atoms with E-state index < -0.39 is 24.0 Å². The second-order valence-corrected chi connectivity index (χ2v) is 9.13. The van der Waals surface area contributed by atoms with Crippen molar-refractivity contribution in [3.63, 3.8) is 0 Å². The number of anilines is 1. The van der Waals surface area contributed by atoms with Crippen LogP contribution in [0.2, 0.25) is 10.0 Å². The number of pyridine rings is 1. The van der Waals surface area contributed by atoms with Crippen molar-refractivity contribution in [2.24, 2.45) is 5.92 Å². The largest absolute Gasteiger partial charge is 0.435 e. The summed E-state index contributed by atoms with van der Waals surface area (Å²) in [5.41, 5.74) is -1.18. The first-order chi connectivity index (χ1) is 17.1. The summed E-state index contributed by atoms with van der Waals surface area (Å²) in [5, 5.41) is 27.4. The van der Waals surface area contributed by atoms with Gasteiger partial charge in [0.1, 0.15) is 0 Å². The lowest BCUT2D eigenvalue weighted by Gasteiger charge is -2.20. The van der Waals surface area contributed by atoms with Gasteiger partial charge in [0.05, 0.1) is 38.7 Å². The maximum atomic E-state index is 13.5. The third kappa shape index (κ3) is 4.71. The molecule has 0 saturated heterocycles. The Labute approximate surface area is 211 Å². The lowest BCUT2D eigenvalue weighted by Crippen LogP contribution is -2.27. The molecule has 0 aliphatic heterocycles. The van der Waals surface area contributed by atoms with Gasteiger partial charge in [-0.05, 0) is 43.0 Å². The molecule has 0 radical (unpaired) electrons. The first-order valence-electron chi connectivity index (χ1n) is 10.8. The molecule has 9 nitrogen and oxygen atoms in total. The number of H-pyrrole nitrogens is 1. The van der Waals surface area contributed by atoms with Crippen LogP contribution in [0.3, 0.4) is 0 Å². The van der Waals surface area contributed by atoms with E-state index in [1.54, 1.807) is 0 Å². The van der Waals surface area contributed by atoms with Gasteiger partial charge in [-0.1, -0.05) is 23.2 Å². The Morgan fingerprint density at radius 1 is 1.28 bits per heavy atom. The number of aliphatic hydroxyl groups excluding tert-OH is 1. The number of alkyl halides is 3. The molecule has 1 aromatic carbocycles. The van der Waals surface area contributed by atoms with Crippen molar-refractivity contribution in [1.82, 2.24) is 30.3 Å². The molecule has 3 heterocycles. The molecule has 4 aromatic rings. The topological polar surface area (TPSA) is 121 Å². The molecular weight excluding hydrogens is 522 g/mol. The monoisotopic (exact) mass is 539 g/mol. The maximum absolute atomic E-state index is 13.5. The zero-order valence-electron chi connectivity index (χ0n) is 18.3. The van der Waals surface area contributed by atoms with Crippen LogP contribution in [0, 0.1) is 5.92 Å². The predicted octanol–water partition coefficient (Wildman–Crippen LogP) is 4.71. The van der Waals surface area contributed by atoms with Crippen LogP contribution in [-0.2, 0) is 6.18 Å². The minimum absolute atomic E-state index is 0.00244. The zero-order valence-corrected chi connectivity index (χ0v) is 19.8. The van der Waals surface area contributed by atoms with E-state index in [2.05, 4.69) is 30.9 Å². The van der Waals surface area contributed by atoms with Crippen LogP contribution in [-0.4, -0.2) is 42.5 Å². The third-order valence-corrected chi connectivity index (χ3v) is 6.29. The van der Waals surface area contributed by atoms with E-state index in [1.165, 1.54) is 30.6 Å². The van der Waals surface area contributed by atoms with Crippen molar-refractivity contribution in [2.45, 2.75) is 25.2 Å². The molecule has 0 bridgehead atoms. The van der Waals surface area contributed by atoms with Crippen molar-refractivity contribution in [3.8, 4) is 5.82 Å². The molecule has 36 heavy (non-hydrogen) atoms.